The van der Waals surface area contributed by atoms with Crippen molar-refractivity contribution in [3.8, 4) is 45.5 Å². The van der Waals surface area contributed by atoms with Gasteiger partial charge in [-0.3, -0.25) is 0 Å². The summed E-state index contributed by atoms with van der Waals surface area (Å²) in [5.74, 6) is 3.50. The number of nitrogens with zero attached hydrogens (tertiary/aromatic N) is 4. The topological polar surface area (TPSA) is 77.8 Å². The molecular formula is C54H54N4O2. The smallest absolute Gasteiger partial charge is 0.248 e. The lowest BCUT2D eigenvalue weighted by Gasteiger charge is -2.39. The molecule has 0 radical (unpaired) electrons. The van der Waals surface area contributed by atoms with Gasteiger partial charge in [-0.25, -0.2) is 0 Å². The Hall–Kier alpha value is -5.88. The SMILES string of the molecule is CCCCC(CC)CC1(CC(CC)CCC)c2cc(C)ccc2-c2ccc(-c3nnc(-c4ccc5c6cccc7c(-c8nnc(C)o8)ccc(c8cccc4c85)c76)o3)cc21. The Morgan fingerprint density at radius 2 is 1.03 bits per heavy atom. The minimum absolute atomic E-state index is 0.0692. The van der Waals surface area contributed by atoms with Crippen LogP contribution in [0.25, 0.3) is 88.6 Å². The van der Waals surface area contributed by atoms with Gasteiger partial charge in [-0.1, -0.05) is 151 Å². The summed E-state index contributed by atoms with van der Waals surface area (Å²) in [6.45, 7) is 13.5. The van der Waals surface area contributed by atoms with Crippen LogP contribution in [0.2, 0.25) is 0 Å². The second-order valence-electron chi connectivity index (χ2n) is 17.6. The van der Waals surface area contributed by atoms with Crippen molar-refractivity contribution in [2.75, 3.05) is 0 Å². The molecular weight excluding hydrogens is 737 g/mol. The lowest BCUT2D eigenvalue weighted by atomic mass is 9.65. The number of hydrogen-bond acceptors (Lipinski definition) is 6. The number of fused-ring (bicyclic) bond motifs is 5. The average molecular weight is 791 g/mol. The first-order valence-electron chi connectivity index (χ1n) is 22.4. The minimum atomic E-state index is -0.0692. The highest BCUT2D eigenvalue weighted by atomic mass is 16.4. The van der Waals surface area contributed by atoms with Crippen LogP contribution in [0.5, 0.6) is 0 Å². The molecule has 302 valence electrons. The Kier molecular flexibility index (Phi) is 9.77. The van der Waals surface area contributed by atoms with Gasteiger partial charge in [-0.05, 0) is 121 Å². The quantitative estimate of drug-likeness (QED) is 0.0806. The van der Waals surface area contributed by atoms with E-state index in [0.717, 1.165) is 33.9 Å². The molecule has 6 nitrogen and oxygen atoms in total. The van der Waals surface area contributed by atoms with Gasteiger partial charge in [0.05, 0.1) is 0 Å². The van der Waals surface area contributed by atoms with Gasteiger partial charge in [0, 0.05) is 29.0 Å². The molecule has 2 heterocycles. The summed E-state index contributed by atoms with van der Waals surface area (Å²) in [7, 11) is 0. The van der Waals surface area contributed by atoms with E-state index in [0.29, 0.717) is 35.4 Å². The van der Waals surface area contributed by atoms with Crippen LogP contribution in [-0.2, 0) is 5.41 Å². The summed E-state index contributed by atoms with van der Waals surface area (Å²) >= 11 is 0. The van der Waals surface area contributed by atoms with E-state index in [9.17, 15) is 0 Å². The second kappa shape index (κ2) is 15.3. The molecule has 0 spiro atoms. The van der Waals surface area contributed by atoms with Gasteiger partial charge in [-0.15, -0.1) is 20.4 Å². The Bertz CT molecular complexity index is 3010. The number of aromatic nitrogens is 4. The van der Waals surface area contributed by atoms with Crippen molar-refractivity contribution in [2.24, 2.45) is 11.8 Å². The highest BCUT2D eigenvalue weighted by Gasteiger charge is 2.45. The zero-order chi connectivity index (χ0) is 41.1. The fourth-order valence-corrected chi connectivity index (χ4v) is 11.0. The lowest BCUT2D eigenvalue weighted by Crippen LogP contribution is -2.31. The maximum absolute atomic E-state index is 6.76. The molecule has 1 aliphatic rings. The molecule has 0 saturated carbocycles. The third kappa shape index (κ3) is 6.13. The Morgan fingerprint density at radius 3 is 1.63 bits per heavy atom. The van der Waals surface area contributed by atoms with Gasteiger partial charge in [0.1, 0.15) is 0 Å². The molecule has 2 aromatic heterocycles. The molecule has 0 saturated heterocycles. The number of benzene rings is 7. The van der Waals surface area contributed by atoms with Crippen LogP contribution < -0.4 is 0 Å². The Morgan fingerprint density at radius 1 is 0.500 bits per heavy atom. The third-order valence-corrected chi connectivity index (χ3v) is 13.9. The molecule has 3 atom stereocenters. The van der Waals surface area contributed by atoms with E-state index in [-0.39, 0.29) is 5.41 Å². The van der Waals surface area contributed by atoms with Crippen molar-refractivity contribution in [1.29, 1.82) is 0 Å². The molecule has 10 rings (SSSR count). The van der Waals surface area contributed by atoms with E-state index in [2.05, 4.69) is 142 Å². The standard InChI is InChI=1S/C54H54N4O2/c1-7-11-15-35(10-4)31-54(30-34(9-3)14-8-2)47-28-32(5)20-22-37(47)38-23-21-36(29-48(38)54)51-56-58-53(60-51)46-27-25-44-39-16-12-18-41-45(52-57-55-33(6)59-52)26-24-43(49(39)41)40-17-13-19-42(46)50(40)44/h12-13,16-29,34-35H,7-11,14-15,30-31H2,1-6H3. The first-order chi connectivity index (χ1) is 29.3. The summed E-state index contributed by atoms with van der Waals surface area (Å²) in [4.78, 5) is 0. The Balaban J connectivity index is 1.10. The molecule has 0 fully saturated rings. The van der Waals surface area contributed by atoms with Crippen molar-refractivity contribution in [1.82, 2.24) is 20.4 Å². The molecule has 0 aliphatic heterocycles. The third-order valence-electron chi connectivity index (χ3n) is 13.9. The van der Waals surface area contributed by atoms with E-state index >= 15 is 0 Å². The van der Waals surface area contributed by atoms with E-state index < -0.39 is 0 Å². The minimum Gasteiger partial charge on any atom is -0.421 e. The Labute approximate surface area is 352 Å². The molecule has 0 N–H and O–H groups in total. The molecule has 7 aromatic carbocycles. The van der Waals surface area contributed by atoms with Gasteiger partial charge in [0.2, 0.25) is 23.6 Å². The van der Waals surface area contributed by atoms with Gasteiger partial charge < -0.3 is 8.83 Å². The fraction of sp³-hybridized carbons (Fsp3) is 0.333. The maximum Gasteiger partial charge on any atom is 0.248 e. The van der Waals surface area contributed by atoms with Gasteiger partial charge in [0.15, 0.2) is 0 Å². The summed E-state index contributed by atoms with van der Waals surface area (Å²) < 4.78 is 12.7. The summed E-state index contributed by atoms with van der Waals surface area (Å²) in [6, 6.07) is 35.9. The zero-order valence-corrected chi connectivity index (χ0v) is 35.9. The molecule has 1 aliphatic carbocycles. The first-order valence-corrected chi connectivity index (χ1v) is 22.4. The van der Waals surface area contributed by atoms with Crippen molar-refractivity contribution in [3.05, 3.63) is 120 Å². The van der Waals surface area contributed by atoms with Crippen LogP contribution >= 0.6 is 0 Å². The highest BCUT2D eigenvalue weighted by molar-refractivity contribution is 6.35. The maximum atomic E-state index is 6.76. The van der Waals surface area contributed by atoms with E-state index in [4.69, 9.17) is 19.0 Å². The zero-order valence-electron chi connectivity index (χ0n) is 35.9. The molecule has 0 bridgehead atoms. The van der Waals surface area contributed by atoms with E-state index in [1.54, 1.807) is 0 Å². The highest BCUT2D eigenvalue weighted by Crippen LogP contribution is 2.57. The van der Waals surface area contributed by atoms with Gasteiger partial charge in [0.25, 0.3) is 0 Å². The van der Waals surface area contributed by atoms with Crippen LogP contribution in [0.4, 0.5) is 0 Å². The van der Waals surface area contributed by atoms with Crippen LogP contribution in [0.3, 0.4) is 0 Å². The molecule has 3 unspecified atom stereocenters. The predicted octanol–water partition coefficient (Wildman–Crippen LogP) is 15.2. The molecule has 0 amide bonds. The fourth-order valence-electron chi connectivity index (χ4n) is 11.0. The van der Waals surface area contributed by atoms with Crippen molar-refractivity contribution >= 4 is 43.1 Å². The van der Waals surface area contributed by atoms with Crippen LogP contribution in [0, 0.1) is 25.7 Å². The normalized spacial score (nSPS) is 16.0. The number of rotatable bonds is 14. The number of hydrogen-bond donors (Lipinski definition) is 0. The van der Waals surface area contributed by atoms with Gasteiger partial charge >= 0.3 is 0 Å². The summed E-state index contributed by atoms with van der Waals surface area (Å²) in [5, 5.41) is 27.3. The predicted molar refractivity (Wildman–Crippen MR) is 247 cm³/mol. The van der Waals surface area contributed by atoms with Crippen LogP contribution in [0.15, 0.2) is 106 Å². The molecule has 6 heteroatoms. The van der Waals surface area contributed by atoms with E-state index in [1.807, 2.05) is 6.92 Å². The second-order valence-corrected chi connectivity index (χ2v) is 17.6. The summed E-state index contributed by atoms with van der Waals surface area (Å²) in [5.41, 5.74) is 9.86. The van der Waals surface area contributed by atoms with Crippen molar-refractivity contribution in [3.63, 3.8) is 0 Å². The summed E-state index contributed by atoms with van der Waals surface area (Å²) in [6.07, 6.45) is 11.0. The monoisotopic (exact) mass is 790 g/mol. The first kappa shape index (κ1) is 38.3. The number of unbranched alkanes of at least 4 members (excludes halogenated alkanes) is 1. The molecule has 60 heavy (non-hydrogen) atoms. The molecule has 9 aromatic rings. The van der Waals surface area contributed by atoms with Crippen LogP contribution in [-0.4, -0.2) is 20.4 Å². The lowest BCUT2D eigenvalue weighted by molar-refractivity contribution is 0.267. The van der Waals surface area contributed by atoms with Crippen LogP contribution in [0.1, 0.15) is 108 Å². The average Bonchev–Trinajstić information content (AvgIpc) is 4.00. The van der Waals surface area contributed by atoms with Gasteiger partial charge in [-0.2, -0.15) is 0 Å². The van der Waals surface area contributed by atoms with Crippen molar-refractivity contribution in [2.45, 2.75) is 105 Å². The van der Waals surface area contributed by atoms with Crippen molar-refractivity contribution < 1.29 is 8.83 Å². The number of aryl methyl sites for hydroxylation is 2. The largest absolute Gasteiger partial charge is 0.421 e. The van der Waals surface area contributed by atoms with E-state index in [1.165, 1.54) is 112 Å².